The van der Waals surface area contributed by atoms with E-state index in [4.69, 9.17) is 4.74 Å². The zero-order valence-electron chi connectivity index (χ0n) is 23.9. The molecule has 6 rings (SSSR count). The molecule has 0 aromatic carbocycles. The summed E-state index contributed by atoms with van der Waals surface area (Å²) in [5.41, 5.74) is -0.0308. The summed E-state index contributed by atoms with van der Waals surface area (Å²) in [6, 6.07) is 0. The molecule has 0 bridgehead atoms. The molecule has 6 aliphatic rings. The summed E-state index contributed by atoms with van der Waals surface area (Å²) >= 11 is 0. The van der Waals surface area contributed by atoms with E-state index in [2.05, 4.69) is 39.9 Å². The van der Waals surface area contributed by atoms with Gasteiger partial charge in [-0.1, -0.05) is 34.6 Å². The van der Waals surface area contributed by atoms with E-state index >= 15 is 0 Å². The number of aliphatic hydroxyl groups is 3. The van der Waals surface area contributed by atoms with Gasteiger partial charge in [0.1, 0.15) is 0 Å². The van der Waals surface area contributed by atoms with Crippen molar-refractivity contribution in [2.24, 2.45) is 50.7 Å². The second-order valence-corrected chi connectivity index (χ2v) is 16.1. The molecule has 0 amide bonds. The van der Waals surface area contributed by atoms with Crippen LogP contribution in [0.5, 0.6) is 0 Å². The van der Waals surface area contributed by atoms with E-state index in [1.807, 2.05) is 13.8 Å². The Morgan fingerprint density at radius 1 is 0.944 bits per heavy atom. The smallest absolute Gasteiger partial charge is 0.0880 e. The first-order chi connectivity index (χ1) is 16.6. The van der Waals surface area contributed by atoms with Gasteiger partial charge in [-0.3, -0.25) is 0 Å². The van der Waals surface area contributed by atoms with Crippen molar-refractivity contribution in [1.82, 2.24) is 5.32 Å². The highest BCUT2D eigenvalue weighted by Crippen LogP contribution is 2.89. The Hall–Kier alpha value is -0.200. The van der Waals surface area contributed by atoms with Crippen molar-refractivity contribution in [2.45, 2.75) is 130 Å². The molecular formula is C31H53NO4. The number of fused-ring (bicyclic) bond motifs is 4. The predicted octanol–water partition coefficient (Wildman–Crippen LogP) is 4.52. The average Bonchev–Trinajstić information content (AvgIpc) is 3.41. The summed E-state index contributed by atoms with van der Waals surface area (Å²) in [5, 5.41) is 36.7. The monoisotopic (exact) mass is 503 g/mol. The number of nitrogens with one attached hydrogen (secondary N) is 1. The Bertz CT molecular complexity index is 899. The van der Waals surface area contributed by atoms with Gasteiger partial charge in [0.05, 0.1) is 30.0 Å². The van der Waals surface area contributed by atoms with Crippen LogP contribution < -0.4 is 5.32 Å². The molecule has 0 radical (unpaired) electrons. The molecule has 4 N–H and O–H groups in total. The minimum atomic E-state index is -0.733. The Kier molecular flexibility index (Phi) is 5.58. The van der Waals surface area contributed by atoms with Gasteiger partial charge in [-0.2, -0.15) is 0 Å². The van der Waals surface area contributed by atoms with E-state index in [9.17, 15) is 15.3 Å². The second kappa shape index (κ2) is 7.71. The maximum Gasteiger partial charge on any atom is 0.0880 e. The van der Waals surface area contributed by atoms with Crippen molar-refractivity contribution in [3.8, 4) is 0 Å². The highest BCUT2D eigenvalue weighted by Gasteiger charge is 2.84. The first kappa shape index (κ1) is 26.0. The third-order valence-electron chi connectivity index (χ3n) is 13.8. The van der Waals surface area contributed by atoms with Crippen LogP contribution in [-0.2, 0) is 4.74 Å². The number of rotatable bonds is 4. The summed E-state index contributed by atoms with van der Waals surface area (Å²) < 4.78 is 6.78. The van der Waals surface area contributed by atoms with Crippen LogP contribution in [0.25, 0.3) is 0 Å². The Balaban J connectivity index is 1.28. The number of hydrogen-bond acceptors (Lipinski definition) is 5. The standard InChI is InChI=1S/C31H53NO4/c1-18-14-19(15-32-17-26(2,3)35)36-24-23(18)28(6)12-13-31-16-30(31)11-10-22(33)27(4,5)20(30)8-9-21(31)29(28,7)25(24)34/h18-25,32-35H,8-17H2,1-7H3/t18-,19-,20?,21?,22+,23?,24?,25+,28-,29-,30-,31+/m1/s1. The largest absolute Gasteiger partial charge is 0.393 e. The molecule has 5 aliphatic carbocycles. The van der Waals surface area contributed by atoms with Gasteiger partial charge in [0.25, 0.3) is 0 Å². The van der Waals surface area contributed by atoms with Crippen molar-refractivity contribution >= 4 is 0 Å². The summed E-state index contributed by atoms with van der Waals surface area (Å²) in [5.74, 6) is 2.08. The fourth-order valence-electron chi connectivity index (χ4n) is 12.1. The van der Waals surface area contributed by atoms with E-state index in [1.165, 1.54) is 38.5 Å². The summed E-state index contributed by atoms with van der Waals surface area (Å²) in [4.78, 5) is 0. The maximum atomic E-state index is 12.2. The Morgan fingerprint density at radius 2 is 1.61 bits per heavy atom. The molecule has 5 saturated carbocycles. The molecule has 36 heavy (non-hydrogen) atoms. The van der Waals surface area contributed by atoms with Crippen molar-refractivity contribution < 1.29 is 20.1 Å². The summed E-state index contributed by atoms with van der Waals surface area (Å²) in [7, 11) is 0. The van der Waals surface area contributed by atoms with E-state index < -0.39 is 11.7 Å². The lowest BCUT2D eigenvalue weighted by Gasteiger charge is -2.63. The van der Waals surface area contributed by atoms with Crippen molar-refractivity contribution in [2.75, 3.05) is 13.1 Å². The van der Waals surface area contributed by atoms with Gasteiger partial charge in [0.2, 0.25) is 0 Å². The molecule has 6 fully saturated rings. The first-order valence-electron chi connectivity index (χ1n) is 15.1. The van der Waals surface area contributed by atoms with Gasteiger partial charge in [-0.05, 0) is 111 Å². The van der Waals surface area contributed by atoms with Gasteiger partial charge >= 0.3 is 0 Å². The lowest BCUT2D eigenvalue weighted by molar-refractivity contribution is -0.182. The zero-order valence-corrected chi connectivity index (χ0v) is 23.9. The molecule has 206 valence electrons. The molecule has 0 aromatic heterocycles. The van der Waals surface area contributed by atoms with E-state index in [0.29, 0.717) is 41.0 Å². The van der Waals surface area contributed by atoms with Crippen LogP contribution in [0.15, 0.2) is 0 Å². The molecule has 5 nitrogen and oxygen atoms in total. The van der Waals surface area contributed by atoms with Crippen LogP contribution in [0.2, 0.25) is 0 Å². The molecule has 12 atom stereocenters. The van der Waals surface area contributed by atoms with E-state index in [1.54, 1.807) is 0 Å². The van der Waals surface area contributed by atoms with Crippen molar-refractivity contribution in [3.05, 3.63) is 0 Å². The van der Waals surface area contributed by atoms with Gasteiger partial charge in [0, 0.05) is 18.5 Å². The van der Waals surface area contributed by atoms with Crippen LogP contribution in [0, 0.1) is 50.7 Å². The maximum absolute atomic E-state index is 12.2. The third kappa shape index (κ3) is 3.07. The van der Waals surface area contributed by atoms with Gasteiger partial charge in [-0.15, -0.1) is 0 Å². The van der Waals surface area contributed by atoms with E-state index in [0.717, 1.165) is 19.4 Å². The lowest BCUT2D eigenvalue weighted by Crippen LogP contribution is -2.59. The molecule has 1 aliphatic heterocycles. The number of hydrogen-bond donors (Lipinski definition) is 4. The predicted molar refractivity (Wildman–Crippen MR) is 141 cm³/mol. The number of ether oxygens (including phenoxy) is 1. The molecule has 4 unspecified atom stereocenters. The van der Waals surface area contributed by atoms with Gasteiger partial charge in [-0.25, -0.2) is 0 Å². The summed E-state index contributed by atoms with van der Waals surface area (Å²) in [6.07, 6.45) is 8.74. The molecule has 2 spiro atoms. The van der Waals surface area contributed by atoms with E-state index in [-0.39, 0.29) is 34.6 Å². The average molecular weight is 504 g/mol. The Labute approximate surface area is 219 Å². The van der Waals surface area contributed by atoms with Crippen LogP contribution in [-0.4, -0.2) is 58.4 Å². The van der Waals surface area contributed by atoms with Crippen LogP contribution >= 0.6 is 0 Å². The lowest BCUT2D eigenvalue weighted by atomic mass is 9.41. The molecule has 1 heterocycles. The van der Waals surface area contributed by atoms with Gasteiger partial charge in [0.15, 0.2) is 0 Å². The topological polar surface area (TPSA) is 82.0 Å². The van der Waals surface area contributed by atoms with Crippen LogP contribution in [0.3, 0.4) is 0 Å². The van der Waals surface area contributed by atoms with Crippen molar-refractivity contribution in [1.29, 1.82) is 0 Å². The SMILES string of the molecule is C[C@@H]1C[C@H](CNCC(C)(C)O)OC2C1[C@@]1(C)CC[C@@]34C[C@@]35CC[C@H](O)C(C)(C)C5CCC4[C@]1(C)[C@H]2O. The van der Waals surface area contributed by atoms with Crippen molar-refractivity contribution in [3.63, 3.8) is 0 Å². The van der Waals surface area contributed by atoms with Gasteiger partial charge < -0.3 is 25.4 Å². The highest BCUT2D eigenvalue weighted by atomic mass is 16.5. The van der Waals surface area contributed by atoms with Crippen LogP contribution in [0.1, 0.15) is 99.8 Å². The Morgan fingerprint density at radius 3 is 2.31 bits per heavy atom. The molecule has 5 heteroatoms. The minimum absolute atomic E-state index is 0.00234. The highest BCUT2D eigenvalue weighted by molar-refractivity contribution is 5.32. The summed E-state index contributed by atoms with van der Waals surface area (Å²) in [6.45, 7) is 16.9. The molecule has 0 aromatic rings. The molecule has 1 saturated heterocycles. The molecular weight excluding hydrogens is 450 g/mol. The normalized spacial score (nSPS) is 57.2. The fourth-order valence-corrected chi connectivity index (χ4v) is 12.1. The first-order valence-corrected chi connectivity index (χ1v) is 15.1. The second-order valence-electron chi connectivity index (χ2n) is 16.1. The number of aliphatic hydroxyl groups excluding tert-OH is 2. The third-order valence-corrected chi connectivity index (χ3v) is 13.8. The zero-order chi connectivity index (χ0) is 26.1. The fraction of sp³-hybridized carbons (Fsp3) is 1.00. The minimum Gasteiger partial charge on any atom is -0.393 e. The van der Waals surface area contributed by atoms with Crippen LogP contribution in [0.4, 0.5) is 0 Å². The quantitative estimate of drug-likeness (QED) is 0.453.